The number of hydroxylamine groups is 4. The predicted octanol–water partition coefficient (Wildman–Crippen LogP) is -1.91. The molecule has 8 N–H and O–H groups in total. The van der Waals surface area contributed by atoms with Crippen molar-refractivity contribution in [3.8, 4) is 0 Å². The molecule has 0 aromatic carbocycles. The molecule has 2 aliphatic carbocycles. The first-order valence-corrected chi connectivity index (χ1v) is 18.5. The average molecular weight is 739 g/mol. The van der Waals surface area contributed by atoms with E-state index in [4.69, 9.17) is 28.9 Å². The minimum absolute atomic E-state index is 0.0168. The Hall–Kier alpha value is -3.55. The Kier molecular flexibility index (Phi) is 8.69. The van der Waals surface area contributed by atoms with Crippen molar-refractivity contribution in [1.29, 1.82) is 0 Å². The Bertz CT molecular complexity index is 1630. The summed E-state index contributed by atoms with van der Waals surface area (Å²) in [5.41, 5.74) is 10.1. The first kappa shape index (κ1) is 34.5. The van der Waals surface area contributed by atoms with E-state index in [1.165, 1.54) is 9.80 Å². The van der Waals surface area contributed by atoms with Crippen LogP contribution in [0.3, 0.4) is 0 Å². The number of piperidine rings is 2. The Morgan fingerprint density at radius 2 is 1.18 bits per heavy atom. The summed E-state index contributed by atoms with van der Waals surface area (Å²) < 4.78 is 49.4. The molecule has 4 amide bonds. The SMILES string of the molecule is NCCNCC(O)c1nnc([C@@H]2CC3(CC3)[C@@H]3CN2C(=O)N3OS(=O)(=O)ON2C(=O)N3C[C@H]2C2(CC2)C[C@H]3c2nnc(C(O)CNCCN)o2)o1. The van der Waals surface area contributed by atoms with E-state index in [1.807, 2.05) is 0 Å². The van der Waals surface area contributed by atoms with Crippen LogP contribution in [0, 0.1) is 10.8 Å². The second-order valence-corrected chi connectivity index (χ2v) is 15.4. The molecule has 2 spiro atoms. The zero-order chi connectivity index (χ0) is 35.7. The number of rotatable bonds is 16. The second-order valence-electron chi connectivity index (χ2n) is 14.2. The van der Waals surface area contributed by atoms with Gasteiger partial charge in [-0.25, -0.2) is 9.59 Å². The third-order valence-electron chi connectivity index (χ3n) is 11.0. The number of amides is 4. The van der Waals surface area contributed by atoms with Crippen LogP contribution < -0.4 is 22.1 Å². The number of fused-ring (bicyclic) bond motifs is 6. The van der Waals surface area contributed by atoms with Gasteiger partial charge in [0.2, 0.25) is 23.6 Å². The predicted molar refractivity (Wildman–Crippen MR) is 167 cm³/mol. The summed E-state index contributed by atoms with van der Waals surface area (Å²) in [6.07, 6.45) is 1.55. The molecule has 4 bridgehead atoms. The molecule has 2 aromatic heterocycles. The topological polar surface area (TPSA) is 294 Å². The average Bonchev–Trinajstić information content (AvgIpc) is 3.79. The third kappa shape index (κ3) is 6.12. The maximum atomic E-state index is 13.7. The molecule has 280 valence electrons. The van der Waals surface area contributed by atoms with Crippen molar-refractivity contribution in [2.45, 2.75) is 74.9 Å². The maximum Gasteiger partial charge on any atom is 0.442 e. The lowest BCUT2D eigenvalue weighted by atomic mass is 9.85. The number of nitrogens with one attached hydrogen (secondary N) is 2. The number of nitrogens with zero attached hydrogens (tertiary/aromatic N) is 8. The molecule has 51 heavy (non-hydrogen) atoms. The van der Waals surface area contributed by atoms with Gasteiger partial charge in [-0.3, -0.25) is 0 Å². The van der Waals surface area contributed by atoms with Crippen LogP contribution in [0.15, 0.2) is 8.83 Å². The number of carbonyl (C=O) groups excluding carboxylic acids is 2. The fourth-order valence-corrected chi connectivity index (χ4v) is 8.72. The zero-order valence-corrected chi connectivity index (χ0v) is 28.5. The van der Waals surface area contributed by atoms with E-state index in [9.17, 15) is 28.2 Å². The Labute approximate surface area is 292 Å². The molecular formula is C28H42N12O10S. The van der Waals surface area contributed by atoms with Gasteiger partial charge in [0.15, 0.2) is 0 Å². The molecule has 2 unspecified atom stereocenters. The van der Waals surface area contributed by atoms with Gasteiger partial charge in [0, 0.05) is 52.4 Å². The summed E-state index contributed by atoms with van der Waals surface area (Å²) in [6, 6.07) is -3.98. The molecule has 2 aromatic rings. The number of hydrogen-bond acceptors (Lipinski definition) is 18. The van der Waals surface area contributed by atoms with E-state index >= 15 is 0 Å². The van der Waals surface area contributed by atoms with E-state index in [0.717, 1.165) is 10.1 Å². The largest absolute Gasteiger partial charge is 0.442 e. The molecule has 22 nitrogen and oxygen atoms in total. The fraction of sp³-hybridized carbons (Fsp3) is 0.786. The Morgan fingerprint density at radius 1 is 0.765 bits per heavy atom. The first-order chi connectivity index (χ1) is 24.5. The monoisotopic (exact) mass is 738 g/mol. The van der Waals surface area contributed by atoms with Gasteiger partial charge in [-0.05, 0) is 49.4 Å². The van der Waals surface area contributed by atoms with Gasteiger partial charge in [-0.2, -0.15) is 18.5 Å². The van der Waals surface area contributed by atoms with Crippen LogP contribution in [0.4, 0.5) is 9.59 Å². The van der Waals surface area contributed by atoms with E-state index in [1.54, 1.807) is 0 Å². The van der Waals surface area contributed by atoms with Gasteiger partial charge < -0.3 is 50.9 Å². The lowest BCUT2D eigenvalue weighted by Crippen LogP contribution is -2.45. The van der Waals surface area contributed by atoms with Crippen LogP contribution in [0.5, 0.6) is 0 Å². The van der Waals surface area contributed by atoms with Crippen molar-refractivity contribution in [2.24, 2.45) is 22.3 Å². The maximum absolute atomic E-state index is 13.7. The van der Waals surface area contributed by atoms with Crippen molar-refractivity contribution in [1.82, 2.24) is 51.0 Å². The molecule has 6 heterocycles. The number of urea groups is 2. The molecule has 6 fully saturated rings. The normalized spacial score (nSPS) is 28.4. The third-order valence-corrected chi connectivity index (χ3v) is 11.7. The quantitative estimate of drug-likeness (QED) is 0.102. The fourth-order valence-electron chi connectivity index (χ4n) is 7.97. The Balaban J connectivity index is 0.951. The minimum atomic E-state index is -4.98. The Morgan fingerprint density at radius 3 is 1.55 bits per heavy atom. The van der Waals surface area contributed by atoms with Gasteiger partial charge in [-0.1, -0.05) is 0 Å². The lowest BCUT2D eigenvalue weighted by molar-refractivity contribution is -0.101. The van der Waals surface area contributed by atoms with Gasteiger partial charge in [-0.15, -0.1) is 29.0 Å². The van der Waals surface area contributed by atoms with Gasteiger partial charge >= 0.3 is 22.5 Å². The molecule has 6 aliphatic rings. The summed E-state index contributed by atoms with van der Waals surface area (Å²) in [7, 11) is -4.98. The van der Waals surface area contributed by atoms with Crippen molar-refractivity contribution >= 4 is 22.5 Å². The van der Waals surface area contributed by atoms with Crippen LogP contribution in [0.25, 0.3) is 0 Å². The molecule has 23 heteroatoms. The highest BCUT2D eigenvalue weighted by Crippen LogP contribution is 2.63. The van der Waals surface area contributed by atoms with E-state index in [-0.39, 0.29) is 49.7 Å². The molecular weight excluding hydrogens is 696 g/mol. The van der Waals surface area contributed by atoms with Gasteiger partial charge in [0.05, 0.1) is 12.1 Å². The van der Waals surface area contributed by atoms with Crippen molar-refractivity contribution in [3.63, 3.8) is 0 Å². The number of aliphatic hydroxyl groups excluding tert-OH is 2. The van der Waals surface area contributed by atoms with Crippen LogP contribution in [0.2, 0.25) is 0 Å². The molecule has 4 saturated heterocycles. The minimum Gasteiger partial charge on any atom is -0.420 e. The van der Waals surface area contributed by atoms with Gasteiger partial charge in [0.1, 0.15) is 24.3 Å². The smallest absolute Gasteiger partial charge is 0.420 e. The number of aromatic nitrogens is 4. The molecule has 8 rings (SSSR count). The van der Waals surface area contributed by atoms with Crippen LogP contribution in [-0.2, 0) is 19.0 Å². The highest BCUT2D eigenvalue weighted by Gasteiger charge is 2.67. The summed E-state index contributed by atoms with van der Waals surface area (Å²) in [4.78, 5) is 30.2. The molecule has 4 aliphatic heterocycles. The first-order valence-electron chi connectivity index (χ1n) is 17.2. The van der Waals surface area contributed by atoms with Crippen molar-refractivity contribution in [3.05, 3.63) is 23.6 Å². The molecule has 2 saturated carbocycles. The number of nitrogens with two attached hydrogens (primary N) is 2. The number of aliphatic hydroxyl groups is 2. The summed E-state index contributed by atoms with van der Waals surface area (Å²) in [6.45, 7) is 2.34. The summed E-state index contributed by atoms with van der Waals surface area (Å²) >= 11 is 0. The highest BCUT2D eigenvalue weighted by molar-refractivity contribution is 7.81. The van der Waals surface area contributed by atoms with Crippen LogP contribution >= 0.6 is 0 Å². The summed E-state index contributed by atoms with van der Waals surface area (Å²) in [5, 5.41) is 44.6. The number of hydrogen-bond donors (Lipinski definition) is 6. The zero-order valence-electron chi connectivity index (χ0n) is 27.7. The van der Waals surface area contributed by atoms with Gasteiger partial charge in [0.25, 0.3) is 0 Å². The van der Waals surface area contributed by atoms with E-state index < -0.39 is 69.7 Å². The standard InChI is InChI=1S/C28H42N12O10S/c29-5-7-31-11-17(41)23-35-33-21(47-23)15-9-27(1-2-27)19-13-37(15)25(43)39(19)49-51(45,46)50-40-20-14-38(26(40)44)16(10-28(20)3-4-28)22-34-36-24(48-22)18(42)12-32-8-6-30/h15-20,31-32,41-42H,1-14,29-30H2/t15-,16-,17?,18?,19-,20-/m0/s1. The van der Waals surface area contributed by atoms with E-state index in [2.05, 4.69) is 31.0 Å². The van der Waals surface area contributed by atoms with Crippen LogP contribution in [-0.4, -0.2) is 135 Å². The van der Waals surface area contributed by atoms with Crippen molar-refractivity contribution in [2.75, 3.05) is 52.4 Å². The summed E-state index contributed by atoms with van der Waals surface area (Å²) in [5.74, 6) is 0.219. The lowest BCUT2D eigenvalue weighted by Gasteiger charge is -2.35. The number of carbonyl (C=O) groups is 2. The molecule has 0 radical (unpaired) electrons. The van der Waals surface area contributed by atoms with Crippen molar-refractivity contribution < 1.29 is 45.6 Å². The molecule has 6 atom stereocenters. The van der Waals surface area contributed by atoms with Crippen LogP contribution in [0.1, 0.15) is 86.4 Å². The van der Waals surface area contributed by atoms with E-state index in [0.29, 0.717) is 64.7 Å². The second kappa shape index (κ2) is 12.8. The highest BCUT2D eigenvalue weighted by atomic mass is 32.3.